The van der Waals surface area contributed by atoms with Crippen LogP contribution in [0, 0.1) is 0 Å². The molecule has 0 bridgehead atoms. The van der Waals surface area contributed by atoms with E-state index >= 15 is 0 Å². The van der Waals surface area contributed by atoms with Crippen LogP contribution in [-0.4, -0.2) is 48.0 Å². The van der Waals surface area contributed by atoms with E-state index in [0.717, 1.165) is 4.57 Å². The van der Waals surface area contributed by atoms with Gasteiger partial charge in [0.2, 0.25) is 6.29 Å². The lowest BCUT2D eigenvalue weighted by atomic mass is 10.2. The SMILES string of the molecule is Nc1ccn([C@H]2C[C@H](O)[C@@H](C(O)O[S+]=P([O-])(O)O)O2)c(=O)n1. The molecule has 2 heterocycles. The predicted molar refractivity (Wildman–Crippen MR) is 73.3 cm³/mol. The molecule has 2 rings (SSSR count). The van der Waals surface area contributed by atoms with Gasteiger partial charge >= 0.3 is 23.6 Å². The van der Waals surface area contributed by atoms with Crippen molar-refractivity contribution in [3.05, 3.63) is 22.7 Å². The van der Waals surface area contributed by atoms with Crippen LogP contribution in [0.4, 0.5) is 5.82 Å². The number of hydrogen-bond donors (Lipinski definition) is 5. The van der Waals surface area contributed by atoms with Crippen molar-refractivity contribution in [2.75, 3.05) is 5.73 Å². The number of aliphatic hydroxyl groups is 2. The first-order valence-corrected chi connectivity index (χ1v) is 8.90. The molecule has 0 radical (unpaired) electrons. The summed E-state index contributed by atoms with van der Waals surface area (Å²) in [5.74, 6) is 0.0257. The van der Waals surface area contributed by atoms with E-state index in [4.69, 9.17) is 20.3 Å². The highest BCUT2D eigenvalue weighted by Crippen LogP contribution is 2.31. The Balaban J connectivity index is 2.10. The fourth-order valence-electron chi connectivity index (χ4n) is 1.90. The van der Waals surface area contributed by atoms with Gasteiger partial charge in [0.1, 0.15) is 18.1 Å². The molecule has 11 nitrogen and oxygen atoms in total. The zero-order valence-corrected chi connectivity index (χ0v) is 12.6. The minimum atomic E-state index is -4.55. The topological polar surface area (TPSA) is 183 Å². The zero-order valence-electron chi connectivity index (χ0n) is 10.9. The van der Waals surface area contributed by atoms with Crippen LogP contribution in [0.25, 0.3) is 0 Å². The lowest BCUT2D eigenvalue weighted by Crippen LogP contribution is -2.36. The van der Waals surface area contributed by atoms with Gasteiger partial charge in [-0.05, 0) is 6.07 Å². The van der Waals surface area contributed by atoms with Crippen molar-refractivity contribution >= 4 is 23.8 Å². The molecule has 1 unspecified atom stereocenters. The Morgan fingerprint density at radius 2 is 2.32 bits per heavy atom. The molecule has 0 aliphatic carbocycles. The van der Waals surface area contributed by atoms with Crippen LogP contribution >= 0.6 is 6.72 Å². The van der Waals surface area contributed by atoms with Crippen molar-refractivity contribution in [3.63, 3.8) is 0 Å². The van der Waals surface area contributed by atoms with Crippen LogP contribution < -0.4 is 16.3 Å². The van der Waals surface area contributed by atoms with Gasteiger partial charge in [0.05, 0.1) is 6.10 Å². The highest BCUT2D eigenvalue weighted by Gasteiger charge is 2.42. The number of hydrogen-bond acceptors (Lipinski definition) is 8. The molecule has 0 saturated carbocycles. The van der Waals surface area contributed by atoms with Crippen LogP contribution in [-0.2, 0) is 20.1 Å². The van der Waals surface area contributed by atoms with Crippen LogP contribution in [0.15, 0.2) is 17.1 Å². The summed E-state index contributed by atoms with van der Waals surface area (Å²) in [6.45, 7) is -4.55. The molecule has 22 heavy (non-hydrogen) atoms. The summed E-state index contributed by atoms with van der Waals surface area (Å²) in [7, 11) is 0. The minimum Gasteiger partial charge on any atom is -0.739 e. The van der Waals surface area contributed by atoms with Crippen molar-refractivity contribution in [3.8, 4) is 0 Å². The number of aliphatic hydroxyl groups excluding tert-OH is 2. The molecular weight excluding hydrogens is 341 g/mol. The maximum atomic E-state index is 11.7. The van der Waals surface area contributed by atoms with Crippen LogP contribution in [0.5, 0.6) is 0 Å². The number of nitrogens with zero attached hydrogens (tertiary/aromatic N) is 2. The summed E-state index contributed by atoms with van der Waals surface area (Å²) in [6, 6.07) is 1.36. The maximum absolute atomic E-state index is 11.7. The fourth-order valence-corrected chi connectivity index (χ4v) is 2.82. The summed E-state index contributed by atoms with van der Waals surface area (Å²) >= 11 is -0.239. The smallest absolute Gasteiger partial charge is 0.402 e. The first-order valence-electron chi connectivity index (χ1n) is 5.94. The summed E-state index contributed by atoms with van der Waals surface area (Å²) in [5, 5.41) is 19.5. The second kappa shape index (κ2) is 6.66. The molecule has 1 aromatic rings. The van der Waals surface area contributed by atoms with Gasteiger partial charge in [0.15, 0.2) is 0 Å². The standard InChI is InChI=1S/C9H14N3O8PS/c10-5-1-2-12(9(15)11-5)6-3-4(13)7(19-6)8(14)20-22-21(16,17)18/h1-2,4,6-8,13-14H,3H2,(H4-,10,11,15,16,17,18)/t4-,6+,7-,8?/m0/s1. The lowest BCUT2D eigenvalue weighted by molar-refractivity contribution is -0.197. The van der Waals surface area contributed by atoms with Crippen LogP contribution in [0.3, 0.4) is 0 Å². The van der Waals surface area contributed by atoms with E-state index in [1.807, 2.05) is 0 Å². The van der Waals surface area contributed by atoms with E-state index in [1.54, 1.807) is 0 Å². The van der Waals surface area contributed by atoms with E-state index in [2.05, 4.69) is 9.17 Å². The molecule has 1 aliphatic rings. The summed E-state index contributed by atoms with van der Waals surface area (Å²) in [5.41, 5.74) is 4.66. The second-order valence-corrected chi connectivity index (χ2v) is 7.65. The Morgan fingerprint density at radius 3 is 2.91 bits per heavy atom. The van der Waals surface area contributed by atoms with Crippen molar-refractivity contribution in [2.24, 2.45) is 0 Å². The Hall–Kier alpha value is -0.950. The Morgan fingerprint density at radius 1 is 1.64 bits per heavy atom. The first-order chi connectivity index (χ1) is 10.2. The van der Waals surface area contributed by atoms with Crippen molar-refractivity contribution in [1.29, 1.82) is 0 Å². The summed E-state index contributed by atoms with van der Waals surface area (Å²) in [6.07, 6.45) is -3.93. The quantitative estimate of drug-likeness (QED) is 0.160. The number of anilines is 1. The molecule has 1 fully saturated rings. The third kappa shape index (κ3) is 4.29. The third-order valence-electron chi connectivity index (χ3n) is 2.82. The minimum absolute atomic E-state index is 0.0257. The predicted octanol–water partition coefficient (Wildman–Crippen LogP) is -3.17. The summed E-state index contributed by atoms with van der Waals surface area (Å²) < 4.78 is 10.9. The monoisotopic (exact) mass is 355 g/mol. The molecule has 13 heteroatoms. The molecule has 0 spiro atoms. The van der Waals surface area contributed by atoms with Crippen LogP contribution in [0.2, 0.25) is 0 Å². The molecule has 1 aromatic heterocycles. The average molecular weight is 355 g/mol. The number of rotatable bonds is 4. The molecule has 6 N–H and O–H groups in total. The molecule has 124 valence electrons. The molecule has 1 saturated heterocycles. The Bertz CT molecular complexity index is 640. The summed E-state index contributed by atoms with van der Waals surface area (Å²) in [4.78, 5) is 43.1. The van der Waals surface area contributed by atoms with E-state index in [0.29, 0.717) is 0 Å². The van der Waals surface area contributed by atoms with Gasteiger partial charge in [-0.2, -0.15) is 4.98 Å². The van der Waals surface area contributed by atoms with Crippen molar-refractivity contribution in [1.82, 2.24) is 9.55 Å². The molecule has 0 aromatic carbocycles. The molecule has 1 aliphatic heterocycles. The zero-order chi connectivity index (χ0) is 16.5. The van der Waals surface area contributed by atoms with Gasteiger partial charge in [0, 0.05) is 12.6 Å². The van der Waals surface area contributed by atoms with Gasteiger partial charge in [-0.15, -0.1) is 0 Å². The molecule has 4 atom stereocenters. The van der Waals surface area contributed by atoms with E-state index in [9.17, 15) is 19.9 Å². The molecule has 0 amide bonds. The van der Waals surface area contributed by atoms with Gasteiger partial charge in [-0.3, -0.25) is 4.57 Å². The highest BCUT2D eigenvalue weighted by atomic mass is 32.5. The van der Waals surface area contributed by atoms with Crippen molar-refractivity contribution in [2.45, 2.75) is 31.1 Å². The largest absolute Gasteiger partial charge is 0.739 e. The highest BCUT2D eigenvalue weighted by molar-refractivity contribution is 8.13. The Kier molecular flexibility index (Phi) is 5.27. The second-order valence-electron chi connectivity index (χ2n) is 4.45. The molecular formula is C9H14N3O8PS. The number of nitrogens with two attached hydrogens (primary N) is 1. The number of aromatic nitrogens is 2. The van der Waals surface area contributed by atoms with E-state index in [-0.39, 0.29) is 23.5 Å². The normalized spacial score (nSPS) is 26.9. The van der Waals surface area contributed by atoms with Gasteiger partial charge < -0.3 is 35.4 Å². The van der Waals surface area contributed by atoms with Gasteiger partial charge in [0.25, 0.3) is 0 Å². The van der Waals surface area contributed by atoms with Crippen molar-refractivity contribution < 1.29 is 33.8 Å². The van der Waals surface area contributed by atoms with Gasteiger partial charge in [-0.1, -0.05) is 4.18 Å². The number of ether oxygens (including phenoxy) is 1. The maximum Gasteiger partial charge on any atom is 0.402 e. The van der Waals surface area contributed by atoms with Gasteiger partial charge in [-0.25, -0.2) is 4.79 Å². The third-order valence-corrected chi connectivity index (χ3v) is 4.14. The van der Waals surface area contributed by atoms with E-state index < -0.39 is 37.1 Å². The number of nitrogen functional groups attached to an aromatic ring is 1. The lowest BCUT2D eigenvalue weighted by Gasteiger charge is -2.17. The van der Waals surface area contributed by atoms with E-state index in [1.165, 1.54) is 12.3 Å². The van der Waals surface area contributed by atoms with Crippen LogP contribution in [0.1, 0.15) is 12.6 Å². The first kappa shape index (κ1) is 17.4. The average Bonchev–Trinajstić information content (AvgIpc) is 2.77. The fraction of sp³-hybridized carbons (Fsp3) is 0.556. The Labute approximate surface area is 127 Å².